The van der Waals surface area contributed by atoms with Crippen molar-refractivity contribution in [3.8, 4) is 0 Å². The lowest BCUT2D eigenvalue weighted by molar-refractivity contribution is -0.134. The average molecular weight is 333 g/mol. The topological polar surface area (TPSA) is 57.7 Å². The summed E-state index contributed by atoms with van der Waals surface area (Å²) >= 11 is 0. The van der Waals surface area contributed by atoms with E-state index in [1.807, 2.05) is 6.92 Å². The van der Waals surface area contributed by atoms with E-state index in [9.17, 15) is 13.2 Å². The van der Waals surface area contributed by atoms with Crippen molar-refractivity contribution in [2.75, 3.05) is 37.7 Å². The van der Waals surface area contributed by atoms with Crippen molar-refractivity contribution in [3.63, 3.8) is 0 Å². The van der Waals surface area contributed by atoms with Gasteiger partial charge in [0.2, 0.25) is 5.91 Å². The smallest absolute Gasteiger partial charge is 0.237 e. The second-order valence-electron chi connectivity index (χ2n) is 7.22. The molecule has 6 heteroatoms. The molecule has 5 nitrogen and oxygen atoms in total. The van der Waals surface area contributed by atoms with E-state index >= 15 is 0 Å². The van der Waals surface area contributed by atoms with Gasteiger partial charge >= 0.3 is 0 Å². The van der Waals surface area contributed by atoms with Crippen LogP contribution in [-0.2, 0) is 14.6 Å². The largest absolute Gasteiger partial charge is 0.338 e. The van der Waals surface area contributed by atoms with Crippen molar-refractivity contribution >= 4 is 15.7 Å². The zero-order valence-corrected chi connectivity index (χ0v) is 15.5. The first-order valence-electron chi connectivity index (χ1n) is 8.36. The molecule has 1 saturated heterocycles. The molecule has 0 bridgehead atoms. The first kappa shape index (κ1) is 19.4. The number of carbonyl (C=O) groups is 1. The Morgan fingerprint density at radius 1 is 1.14 bits per heavy atom. The van der Waals surface area contributed by atoms with Crippen LogP contribution in [0.1, 0.15) is 41.0 Å². The highest BCUT2D eigenvalue weighted by molar-refractivity contribution is 7.91. The third-order valence-corrected chi connectivity index (χ3v) is 5.67. The van der Waals surface area contributed by atoms with E-state index in [1.165, 1.54) is 0 Å². The molecule has 0 N–H and O–H groups in total. The molecule has 1 aliphatic heterocycles. The zero-order chi connectivity index (χ0) is 16.9. The maximum Gasteiger partial charge on any atom is 0.237 e. The van der Waals surface area contributed by atoms with Crippen molar-refractivity contribution in [2.45, 2.75) is 47.1 Å². The Morgan fingerprint density at radius 2 is 1.68 bits per heavy atom. The molecular weight excluding hydrogens is 300 g/mol. The van der Waals surface area contributed by atoms with Gasteiger partial charge in [-0.1, -0.05) is 27.7 Å². The van der Waals surface area contributed by atoms with E-state index in [4.69, 9.17) is 0 Å². The lowest BCUT2D eigenvalue weighted by atomic mass is 10.1. The van der Waals surface area contributed by atoms with Gasteiger partial charge in [-0.3, -0.25) is 9.69 Å². The molecule has 1 atom stereocenters. The summed E-state index contributed by atoms with van der Waals surface area (Å²) in [6.45, 7) is 13.3. The van der Waals surface area contributed by atoms with Gasteiger partial charge in [0.15, 0.2) is 9.84 Å². The Balaban J connectivity index is 2.69. The molecule has 0 aliphatic carbocycles. The molecule has 0 aromatic carbocycles. The maximum absolute atomic E-state index is 12.6. The predicted molar refractivity (Wildman–Crippen MR) is 90.6 cm³/mol. The second kappa shape index (κ2) is 8.29. The first-order chi connectivity index (χ1) is 10.1. The Hall–Kier alpha value is -0.620. The lowest BCUT2D eigenvalue weighted by Crippen LogP contribution is -2.47. The minimum absolute atomic E-state index is 0.0610. The first-order valence-corrected chi connectivity index (χ1v) is 10.2. The number of likely N-dealkylation sites (N-methyl/N-ethyl adjacent to an activating group) is 1. The lowest BCUT2D eigenvalue weighted by Gasteiger charge is -2.31. The zero-order valence-electron chi connectivity index (χ0n) is 14.7. The molecule has 1 rings (SSSR count). The van der Waals surface area contributed by atoms with Crippen molar-refractivity contribution < 1.29 is 13.2 Å². The Labute approximate surface area is 136 Å². The number of rotatable bonds is 8. The van der Waals surface area contributed by atoms with E-state index < -0.39 is 9.84 Å². The van der Waals surface area contributed by atoms with E-state index in [-0.39, 0.29) is 23.5 Å². The molecule has 22 heavy (non-hydrogen) atoms. The number of hydrogen-bond donors (Lipinski definition) is 0. The summed E-state index contributed by atoms with van der Waals surface area (Å²) in [7, 11) is -2.96. The van der Waals surface area contributed by atoms with Gasteiger partial charge in [-0.2, -0.15) is 0 Å². The fourth-order valence-electron chi connectivity index (χ4n) is 3.18. The van der Waals surface area contributed by atoms with Crippen LogP contribution in [0, 0.1) is 11.8 Å². The summed E-state index contributed by atoms with van der Waals surface area (Å²) < 4.78 is 23.3. The van der Waals surface area contributed by atoms with Crippen LogP contribution in [-0.4, -0.2) is 67.9 Å². The van der Waals surface area contributed by atoms with Crippen LogP contribution in [0.4, 0.5) is 0 Å². The normalized spacial score (nSPS) is 21.0. The summed E-state index contributed by atoms with van der Waals surface area (Å²) in [5.41, 5.74) is 0. The van der Waals surface area contributed by atoms with Crippen LogP contribution in [0.15, 0.2) is 0 Å². The summed E-state index contributed by atoms with van der Waals surface area (Å²) in [6, 6.07) is -0.137. The van der Waals surface area contributed by atoms with Crippen LogP contribution in [0.5, 0.6) is 0 Å². The van der Waals surface area contributed by atoms with Gasteiger partial charge in [-0.25, -0.2) is 8.42 Å². The highest BCUT2D eigenvalue weighted by Crippen LogP contribution is 2.18. The molecule has 0 aromatic rings. The number of amides is 1. The van der Waals surface area contributed by atoms with Gasteiger partial charge in [0.1, 0.15) is 0 Å². The van der Waals surface area contributed by atoms with Gasteiger partial charge in [0, 0.05) is 25.7 Å². The summed E-state index contributed by atoms with van der Waals surface area (Å²) in [6.07, 6.45) is 0.580. The van der Waals surface area contributed by atoms with Gasteiger partial charge in [-0.15, -0.1) is 0 Å². The highest BCUT2D eigenvalue weighted by atomic mass is 32.2. The standard InChI is InChI=1S/C16H32N2O3S/c1-6-18(15-7-8-22(20,21)12-15)16(19)11-17(9-13(2)3)10-14(4)5/h13-15H,6-12H2,1-5H3. The molecule has 1 unspecified atom stereocenters. The molecule has 0 saturated carbocycles. The number of carbonyl (C=O) groups excluding carboxylic acids is 1. The third kappa shape index (κ3) is 6.24. The third-order valence-electron chi connectivity index (χ3n) is 3.92. The van der Waals surface area contributed by atoms with Gasteiger partial charge in [0.25, 0.3) is 0 Å². The summed E-state index contributed by atoms with van der Waals surface area (Å²) in [4.78, 5) is 16.6. The fraction of sp³-hybridized carbons (Fsp3) is 0.938. The number of hydrogen-bond acceptors (Lipinski definition) is 4. The SMILES string of the molecule is CCN(C(=O)CN(CC(C)C)CC(C)C)C1CCS(=O)(=O)C1. The molecule has 0 radical (unpaired) electrons. The van der Waals surface area contributed by atoms with Crippen molar-refractivity contribution in [1.82, 2.24) is 9.80 Å². The minimum Gasteiger partial charge on any atom is -0.338 e. The molecule has 1 amide bonds. The molecule has 1 aliphatic rings. The molecular formula is C16H32N2O3S. The molecule has 1 heterocycles. The van der Waals surface area contributed by atoms with Crippen molar-refractivity contribution in [1.29, 1.82) is 0 Å². The van der Waals surface area contributed by atoms with Gasteiger partial charge < -0.3 is 4.90 Å². The van der Waals surface area contributed by atoms with Crippen molar-refractivity contribution in [3.05, 3.63) is 0 Å². The maximum atomic E-state index is 12.6. The van der Waals surface area contributed by atoms with E-state index in [0.29, 0.717) is 31.3 Å². The minimum atomic E-state index is -2.96. The van der Waals surface area contributed by atoms with E-state index in [0.717, 1.165) is 13.1 Å². The van der Waals surface area contributed by atoms with Crippen LogP contribution < -0.4 is 0 Å². The predicted octanol–water partition coefficient (Wildman–Crippen LogP) is 1.64. The van der Waals surface area contributed by atoms with Crippen LogP contribution >= 0.6 is 0 Å². The molecule has 0 spiro atoms. The van der Waals surface area contributed by atoms with Gasteiger partial charge in [-0.05, 0) is 25.2 Å². The second-order valence-corrected chi connectivity index (χ2v) is 9.45. The van der Waals surface area contributed by atoms with Crippen LogP contribution in [0.3, 0.4) is 0 Å². The van der Waals surface area contributed by atoms with E-state index in [2.05, 4.69) is 32.6 Å². The van der Waals surface area contributed by atoms with Crippen LogP contribution in [0.2, 0.25) is 0 Å². The van der Waals surface area contributed by atoms with E-state index in [1.54, 1.807) is 4.90 Å². The highest BCUT2D eigenvalue weighted by Gasteiger charge is 2.34. The molecule has 130 valence electrons. The fourth-order valence-corrected chi connectivity index (χ4v) is 4.91. The monoisotopic (exact) mass is 332 g/mol. The number of nitrogens with zero attached hydrogens (tertiary/aromatic N) is 2. The molecule has 1 fully saturated rings. The molecule has 0 aromatic heterocycles. The Bertz CT molecular complexity index is 450. The van der Waals surface area contributed by atoms with Gasteiger partial charge in [0.05, 0.1) is 18.1 Å². The van der Waals surface area contributed by atoms with Crippen molar-refractivity contribution in [2.24, 2.45) is 11.8 Å². The quantitative estimate of drug-likeness (QED) is 0.678. The Morgan fingerprint density at radius 3 is 2.05 bits per heavy atom. The summed E-state index contributed by atoms with van der Waals surface area (Å²) in [5.74, 6) is 1.41. The summed E-state index contributed by atoms with van der Waals surface area (Å²) in [5, 5.41) is 0. The number of sulfone groups is 1. The van der Waals surface area contributed by atoms with Crippen LogP contribution in [0.25, 0.3) is 0 Å². The average Bonchev–Trinajstić information content (AvgIpc) is 2.68. The Kier molecular flexibility index (Phi) is 7.32.